The molecule has 0 aliphatic carbocycles. The first-order valence-electron chi connectivity index (χ1n) is 5.99. The Morgan fingerprint density at radius 2 is 1.85 bits per heavy atom. The van der Waals surface area contributed by atoms with Gasteiger partial charge in [-0.15, -0.1) is 0 Å². The maximum atomic E-state index is 13.6. The Labute approximate surface area is 124 Å². The molecule has 0 aliphatic heterocycles. The molecule has 0 radical (unpaired) electrons. The van der Waals surface area contributed by atoms with Crippen LogP contribution in [0.2, 0.25) is 0 Å². The average Bonchev–Trinajstić information content (AvgIpc) is 2.37. The number of hydrogen-bond acceptors (Lipinski definition) is 2. The van der Waals surface area contributed by atoms with E-state index < -0.39 is 17.7 Å². The van der Waals surface area contributed by atoms with Crippen LogP contribution in [-0.4, -0.2) is 5.11 Å². The van der Waals surface area contributed by atoms with Gasteiger partial charge in [-0.3, -0.25) is 0 Å². The van der Waals surface area contributed by atoms with Gasteiger partial charge in [0.25, 0.3) is 0 Å². The highest BCUT2D eigenvalue weighted by Gasteiger charge is 2.14. The zero-order valence-corrected chi connectivity index (χ0v) is 12.5. The van der Waals surface area contributed by atoms with Crippen molar-refractivity contribution in [3.8, 4) is 11.5 Å². The van der Waals surface area contributed by atoms with E-state index in [2.05, 4.69) is 15.9 Å². The van der Waals surface area contributed by atoms with Gasteiger partial charge in [0.05, 0.1) is 10.6 Å². The lowest BCUT2D eigenvalue weighted by atomic mass is 10.1. The second kappa shape index (κ2) is 5.89. The molecular weight excluding hydrogens is 330 g/mol. The van der Waals surface area contributed by atoms with Crippen molar-refractivity contribution < 1.29 is 18.6 Å². The number of ether oxygens (including phenoxy) is 1. The van der Waals surface area contributed by atoms with Gasteiger partial charge in [0.2, 0.25) is 0 Å². The maximum absolute atomic E-state index is 13.6. The summed E-state index contributed by atoms with van der Waals surface area (Å²) < 4.78 is 32.6. The van der Waals surface area contributed by atoms with Crippen LogP contribution in [0.1, 0.15) is 24.2 Å². The maximum Gasteiger partial charge on any atom is 0.137 e. The SMILES string of the molecule is Cc1cc(Oc2ccc(F)c(Br)c2)c([C@H](C)O)cc1F. The Bertz CT molecular complexity index is 642. The van der Waals surface area contributed by atoms with E-state index in [1.165, 1.54) is 37.3 Å². The monoisotopic (exact) mass is 342 g/mol. The summed E-state index contributed by atoms with van der Waals surface area (Å²) in [5.41, 5.74) is 0.749. The van der Waals surface area contributed by atoms with E-state index in [0.29, 0.717) is 22.6 Å². The van der Waals surface area contributed by atoms with Crippen LogP contribution in [-0.2, 0) is 0 Å². The summed E-state index contributed by atoms with van der Waals surface area (Å²) in [6.45, 7) is 3.13. The Morgan fingerprint density at radius 1 is 1.15 bits per heavy atom. The van der Waals surface area contributed by atoms with Crippen LogP contribution in [0.25, 0.3) is 0 Å². The minimum Gasteiger partial charge on any atom is -0.457 e. The quantitative estimate of drug-likeness (QED) is 0.861. The highest BCUT2D eigenvalue weighted by atomic mass is 79.9. The fraction of sp³-hybridized carbons (Fsp3) is 0.200. The van der Waals surface area contributed by atoms with Crippen LogP contribution in [0.3, 0.4) is 0 Å². The number of aryl methyl sites for hydroxylation is 1. The second-order valence-corrected chi connectivity index (χ2v) is 5.35. The largest absolute Gasteiger partial charge is 0.457 e. The number of rotatable bonds is 3. The van der Waals surface area contributed by atoms with Crippen molar-refractivity contribution in [2.24, 2.45) is 0 Å². The first kappa shape index (κ1) is 14.9. The summed E-state index contributed by atoms with van der Waals surface area (Å²) in [7, 11) is 0. The van der Waals surface area contributed by atoms with Gasteiger partial charge in [-0.25, -0.2) is 8.78 Å². The third kappa shape index (κ3) is 3.16. The Morgan fingerprint density at radius 3 is 2.45 bits per heavy atom. The standard InChI is InChI=1S/C15H13BrF2O2/c1-8-5-15(11(9(2)19)7-14(8)18)20-10-3-4-13(17)12(16)6-10/h3-7,9,19H,1-2H3/t9-/m0/s1. The molecule has 106 valence electrons. The van der Waals surface area contributed by atoms with E-state index in [0.717, 1.165) is 0 Å². The minimum absolute atomic E-state index is 0.271. The molecule has 0 saturated heterocycles. The normalized spacial score (nSPS) is 12.3. The van der Waals surface area contributed by atoms with Gasteiger partial charge >= 0.3 is 0 Å². The molecule has 2 rings (SSSR count). The van der Waals surface area contributed by atoms with Crippen molar-refractivity contribution in [1.82, 2.24) is 0 Å². The minimum atomic E-state index is -0.871. The van der Waals surface area contributed by atoms with Crippen molar-refractivity contribution in [2.45, 2.75) is 20.0 Å². The molecule has 0 heterocycles. The molecule has 0 unspecified atom stereocenters. The predicted octanol–water partition coefficient (Wildman–Crippen LogP) is 4.88. The molecule has 0 aromatic heterocycles. The van der Waals surface area contributed by atoms with Gasteiger partial charge in [-0.05, 0) is 65.7 Å². The van der Waals surface area contributed by atoms with Gasteiger partial charge in [-0.2, -0.15) is 0 Å². The molecule has 5 heteroatoms. The van der Waals surface area contributed by atoms with Crippen LogP contribution in [0.4, 0.5) is 8.78 Å². The van der Waals surface area contributed by atoms with Crippen LogP contribution >= 0.6 is 15.9 Å². The summed E-state index contributed by atoms with van der Waals surface area (Å²) in [5, 5.41) is 9.68. The molecule has 0 amide bonds. The number of benzene rings is 2. The number of aliphatic hydroxyl groups excluding tert-OH is 1. The van der Waals surface area contributed by atoms with Crippen molar-refractivity contribution in [3.63, 3.8) is 0 Å². The topological polar surface area (TPSA) is 29.5 Å². The molecule has 1 N–H and O–H groups in total. The summed E-state index contributed by atoms with van der Waals surface area (Å²) in [6.07, 6.45) is -0.871. The second-order valence-electron chi connectivity index (χ2n) is 4.49. The Balaban J connectivity index is 2.41. The molecule has 0 aliphatic rings. The molecule has 2 aromatic carbocycles. The summed E-state index contributed by atoms with van der Waals surface area (Å²) in [6, 6.07) is 6.95. The molecule has 2 aromatic rings. The number of aliphatic hydroxyl groups is 1. The highest BCUT2D eigenvalue weighted by Crippen LogP contribution is 2.33. The molecule has 0 spiro atoms. The Hall–Kier alpha value is -1.46. The first-order valence-corrected chi connectivity index (χ1v) is 6.79. The van der Waals surface area contributed by atoms with E-state index in [4.69, 9.17) is 4.74 Å². The molecule has 0 saturated carbocycles. The third-order valence-corrected chi connectivity index (χ3v) is 3.47. The molecule has 0 bridgehead atoms. The average molecular weight is 343 g/mol. The molecule has 0 fully saturated rings. The van der Waals surface area contributed by atoms with Gasteiger partial charge in [0, 0.05) is 5.56 Å². The highest BCUT2D eigenvalue weighted by molar-refractivity contribution is 9.10. The Kier molecular flexibility index (Phi) is 4.40. The van der Waals surface area contributed by atoms with Gasteiger partial charge in [0.15, 0.2) is 0 Å². The fourth-order valence-corrected chi connectivity index (χ4v) is 2.11. The lowest BCUT2D eigenvalue weighted by molar-refractivity contribution is 0.195. The van der Waals surface area contributed by atoms with E-state index in [1.54, 1.807) is 6.92 Å². The van der Waals surface area contributed by atoms with Crippen LogP contribution in [0.15, 0.2) is 34.8 Å². The van der Waals surface area contributed by atoms with Crippen LogP contribution in [0.5, 0.6) is 11.5 Å². The van der Waals surface area contributed by atoms with E-state index in [9.17, 15) is 13.9 Å². The van der Waals surface area contributed by atoms with Crippen molar-refractivity contribution in [2.75, 3.05) is 0 Å². The summed E-state index contributed by atoms with van der Waals surface area (Å²) in [4.78, 5) is 0. The van der Waals surface area contributed by atoms with E-state index in [-0.39, 0.29) is 4.47 Å². The van der Waals surface area contributed by atoms with E-state index >= 15 is 0 Å². The fourth-order valence-electron chi connectivity index (χ4n) is 1.75. The van der Waals surface area contributed by atoms with Gasteiger partial charge < -0.3 is 9.84 Å². The zero-order chi connectivity index (χ0) is 14.9. The summed E-state index contributed by atoms with van der Waals surface area (Å²) >= 11 is 3.07. The van der Waals surface area contributed by atoms with E-state index in [1.807, 2.05) is 0 Å². The lowest BCUT2D eigenvalue weighted by Gasteiger charge is -2.15. The first-order chi connectivity index (χ1) is 9.38. The van der Waals surface area contributed by atoms with Gasteiger partial charge in [0.1, 0.15) is 23.1 Å². The zero-order valence-electron chi connectivity index (χ0n) is 11.0. The lowest BCUT2D eigenvalue weighted by Crippen LogP contribution is -1.99. The van der Waals surface area contributed by atoms with Gasteiger partial charge in [-0.1, -0.05) is 0 Å². The predicted molar refractivity (Wildman–Crippen MR) is 75.9 cm³/mol. The van der Waals surface area contributed by atoms with Crippen molar-refractivity contribution in [1.29, 1.82) is 0 Å². The van der Waals surface area contributed by atoms with Crippen LogP contribution < -0.4 is 4.74 Å². The molecule has 1 atom stereocenters. The third-order valence-electron chi connectivity index (χ3n) is 2.86. The van der Waals surface area contributed by atoms with Crippen molar-refractivity contribution >= 4 is 15.9 Å². The summed E-state index contributed by atoms with van der Waals surface area (Å²) in [5.74, 6) is -0.0690. The molecular formula is C15H13BrF2O2. The van der Waals surface area contributed by atoms with Crippen LogP contribution in [0, 0.1) is 18.6 Å². The van der Waals surface area contributed by atoms with Crippen molar-refractivity contribution in [3.05, 3.63) is 57.6 Å². The smallest absolute Gasteiger partial charge is 0.137 e. The number of hydrogen-bond donors (Lipinski definition) is 1. The molecule has 2 nitrogen and oxygen atoms in total. The number of halogens is 3. The molecule has 20 heavy (non-hydrogen) atoms.